The van der Waals surface area contributed by atoms with Crippen molar-refractivity contribution in [2.45, 2.75) is 32.9 Å². The summed E-state index contributed by atoms with van der Waals surface area (Å²) in [6, 6.07) is 13.8. The maximum absolute atomic E-state index is 12.7. The van der Waals surface area contributed by atoms with E-state index in [0.29, 0.717) is 19.6 Å². The van der Waals surface area contributed by atoms with Crippen molar-refractivity contribution >= 4 is 5.91 Å². The standard InChI is InChI=1S/C19H26N2O2/c1-3-4-12-20(2)16-19(22)21(15-18-11-8-13-23-18)14-17-9-6-5-7-10-17/h5-11,13H,3-4,12,14-16H2,1-2H3. The monoisotopic (exact) mass is 314 g/mol. The number of rotatable bonds is 9. The normalized spacial score (nSPS) is 10.9. The van der Waals surface area contributed by atoms with Crippen LogP contribution in [0.4, 0.5) is 0 Å². The van der Waals surface area contributed by atoms with E-state index >= 15 is 0 Å². The van der Waals surface area contributed by atoms with Gasteiger partial charge in [0.2, 0.25) is 5.91 Å². The molecule has 124 valence electrons. The molecule has 1 heterocycles. The summed E-state index contributed by atoms with van der Waals surface area (Å²) in [4.78, 5) is 16.6. The Labute approximate surface area is 138 Å². The lowest BCUT2D eigenvalue weighted by molar-refractivity contribution is -0.133. The third-order valence-electron chi connectivity index (χ3n) is 3.79. The van der Waals surface area contributed by atoms with E-state index in [0.717, 1.165) is 30.7 Å². The highest BCUT2D eigenvalue weighted by atomic mass is 16.3. The number of carbonyl (C=O) groups excluding carboxylic acids is 1. The highest BCUT2D eigenvalue weighted by molar-refractivity contribution is 5.78. The highest BCUT2D eigenvalue weighted by Gasteiger charge is 2.17. The first-order chi connectivity index (χ1) is 11.2. The van der Waals surface area contributed by atoms with Crippen molar-refractivity contribution in [3.05, 3.63) is 60.1 Å². The van der Waals surface area contributed by atoms with Crippen LogP contribution in [-0.2, 0) is 17.9 Å². The van der Waals surface area contributed by atoms with Gasteiger partial charge >= 0.3 is 0 Å². The summed E-state index contributed by atoms with van der Waals surface area (Å²) < 4.78 is 5.41. The largest absolute Gasteiger partial charge is 0.467 e. The molecule has 2 aromatic rings. The lowest BCUT2D eigenvalue weighted by Crippen LogP contribution is -2.38. The molecule has 0 N–H and O–H groups in total. The number of amides is 1. The predicted octanol–water partition coefficient (Wildman–Crippen LogP) is 3.54. The number of hydrogen-bond acceptors (Lipinski definition) is 3. The zero-order chi connectivity index (χ0) is 16.5. The van der Waals surface area contributed by atoms with Crippen molar-refractivity contribution in [2.75, 3.05) is 20.1 Å². The molecule has 0 bridgehead atoms. The smallest absolute Gasteiger partial charge is 0.237 e. The lowest BCUT2D eigenvalue weighted by Gasteiger charge is -2.25. The maximum Gasteiger partial charge on any atom is 0.237 e. The Balaban J connectivity index is 2.01. The predicted molar refractivity (Wildman–Crippen MR) is 91.8 cm³/mol. The third-order valence-corrected chi connectivity index (χ3v) is 3.79. The molecule has 0 spiro atoms. The number of likely N-dealkylation sites (N-methyl/N-ethyl adjacent to an activating group) is 1. The van der Waals surface area contributed by atoms with Gasteiger partial charge in [-0.25, -0.2) is 0 Å². The summed E-state index contributed by atoms with van der Waals surface area (Å²) in [7, 11) is 2.00. The zero-order valence-corrected chi connectivity index (χ0v) is 14.1. The number of furan rings is 1. The summed E-state index contributed by atoms with van der Waals surface area (Å²) in [6.07, 6.45) is 3.90. The van der Waals surface area contributed by atoms with Gasteiger partial charge in [-0.2, -0.15) is 0 Å². The van der Waals surface area contributed by atoms with Crippen LogP contribution in [0, 0.1) is 0 Å². The first kappa shape index (κ1) is 17.3. The van der Waals surface area contributed by atoms with E-state index in [1.165, 1.54) is 0 Å². The fourth-order valence-electron chi connectivity index (χ4n) is 2.46. The Hall–Kier alpha value is -2.07. The van der Waals surface area contributed by atoms with E-state index in [4.69, 9.17) is 4.42 Å². The highest BCUT2D eigenvalue weighted by Crippen LogP contribution is 2.11. The van der Waals surface area contributed by atoms with Crippen molar-refractivity contribution < 1.29 is 9.21 Å². The van der Waals surface area contributed by atoms with Gasteiger partial charge in [-0.15, -0.1) is 0 Å². The maximum atomic E-state index is 12.7. The van der Waals surface area contributed by atoms with Gasteiger partial charge in [0, 0.05) is 6.54 Å². The topological polar surface area (TPSA) is 36.7 Å². The zero-order valence-electron chi connectivity index (χ0n) is 14.1. The Morgan fingerprint density at radius 1 is 1.09 bits per heavy atom. The van der Waals surface area contributed by atoms with Crippen LogP contribution in [0.1, 0.15) is 31.1 Å². The minimum Gasteiger partial charge on any atom is -0.467 e. The van der Waals surface area contributed by atoms with Gasteiger partial charge in [-0.05, 0) is 37.7 Å². The van der Waals surface area contributed by atoms with Crippen molar-refractivity contribution in [1.82, 2.24) is 9.80 Å². The molecule has 2 rings (SSSR count). The minimum atomic E-state index is 0.129. The van der Waals surface area contributed by atoms with Crippen molar-refractivity contribution in [1.29, 1.82) is 0 Å². The fraction of sp³-hybridized carbons (Fsp3) is 0.421. The number of unbranched alkanes of at least 4 members (excludes halogenated alkanes) is 1. The van der Waals surface area contributed by atoms with Crippen LogP contribution >= 0.6 is 0 Å². The number of benzene rings is 1. The molecule has 1 amide bonds. The fourth-order valence-corrected chi connectivity index (χ4v) is 2.46. The van der Waals surface area contributed by atoms with E-state index in [9.17, 15) is 4.79 Å². The molecule has 1 aromatic carbocycles. The molecule has 4 heteroatoms. The van der Waals surface area contributed by atoms with E-state index in [1.54, 1.807) is 6.26 Å². The second-order valence-corrected chi connectivity index (χ2v) is 5.91. The molecule has 0 aliphatic carbocycles. The minimum absolute atomic E-state index is 0.129. The summed E-state index contributed by atoms with van der Waals surface area (Å²) in [5, 5.41) is 0. The SMILES string of the molecule is CCCCN(C)CC(=O)N(Cc1ccccc1)Cc1ccco1. The van der Waals surface area contributed by atoms with Crippen LogP contribution in [0.25, 0.3) is 0 Å². The molecular formula is C19H26N2O2. The molecule has 0 radical (unpaired) electrons. The number of carbonyl (C=O) groups is 1. The van der Waals surface area contributed by atoms with Crippen molar-refractivity contribution in [3.8, 4) is 0 Å². The molecule has 0 fully saturated rings. The quantitative estimate of drug-likeness (QED) is 0.710. The van der Waals surface area contributed by atoms with Gasteiger partial charge in [0.05, 0.1) is 19.4 Å². The molecule has 0 unspecified atom stereocenters. The first-order valence-corrected chi connectivity index (χ1v) is 8.21. The Morgan fingerprint density at radius 2 is 1.87 bits per heavy atom. The Morgan fingerprint density at radius 3 is 2.52 bits per heavy atom. The van der Waals surface area contributed by atoms with E-state index in [-0.39, 0.29) is 5.91 Å². The first-order valence-electron chi connectivity index (χ1n) is 8.21. The molecule has 4 nitrogen and oxygen atoms in total. The Kier molecular flexibility index (Phi) is 6.88. The van der Waals surface area contributed by atoms with Gasteiger partial charge in [0.15, 0.2) is 0 Å². The van der Waals surface area contributed by atoms with Gasteiger partial charge in [0.1, 0.15) is 5.76 Å². The second-order valence-electron chi connectivity index (χ2n) is 5.91. The average molecular weight is 314 g/mol. The molecule has 0 atom stereocenters. The van der Waals surface area contributed by atoms with Gasteiger partial charge in [-0.3, -0.25) is 9.69 Å². The third kappa shape index (κ3) is 5.91. The van der Waals surface area contributed by atoms with Crippen LogP contribution in [0.3, 0.4) is 0 Å². The molecule has 0 aliphatic heterocycles. The van der Waals surface area contributed by atoms with Crippen molar-refractivity contribution in [2.24, 2.45) is 0 Å². The summed E-state index contributed by atoms with van der Waals surface area (Å²) in [6.45, 7) is 4.65. The van der Waals surface area contributed by atoms with E-state index in [1.807, 2.05) is 54.4 Å². The summed E-state index contributed by atoms with van der Waals surface area (Å²) in [5.41, 5.74) is 1.13. The van der Waals surface area contributed by atoms with Gasteiger partial charge in [0.25, 0.3) is 0 Å². The summed E-state index contributed by atoms with van der Waals surface area (Å²) >= 11 is 0. The van der Waals surface area contributed by atoms with Crippen LogP contribution in [-0.4, -0.2) is 35.8 Å². The molecule has 0 saturated carbocycles. The van der Waals surface area contributed by atoms with E-state index < -0.39 is 0 Å². The molecule has 1 aromatic heterocycles. The molecular weight excluding hydrogens is 288 g/mol. The number of hydrogen-bond donors (Lipinski definition) is 0. The second kappa shape index (κ2) is 9.16. The van der Waals surface area contributed by atoms with Crippen LogP contribution in [0.5, 0.6) is 0 Å². The Bertz CT molecular complexity index is 566. The molecule has 0 saturated heterocycles. The molecule has 0 aliphatic rings. The van der Waals surface area contributed by atoms with Crippen molar-refractivity contribution in [3.63, 3.8) is 0 Å². The summed E-state index contributed by atoms with van der Waals surface area (Å²) in [5.74, 6) is 0.939. The van der Waals surface area contributed by atoms with Gasteiger partial charge in [-0.1, -0.05) is 43.7 Å². The van der Waals surface area contributed by atoms with Gasteiger partial charge < -0.3 is 9.32 Å². The molecule has 23 heavy (non-hydrogen) atoms. The van der Waals surface area contributed by atoms with E-state index in [2.05, 4.69) is 11.8 Å². The lowest BCUT2D eigenvalue weighted by atomic mass is 10.2. The van der Waals surface area contributed by atoms with Crippen LogP contribution in [0.15, 0.2) is 53.1 Å². The van der Waals surface area contributed by atoms with Crippen LogP contribution in [0.2, 0.25) is 0 Å². The number of nitrogens with zero attached hydrogens (tertiary/aromatic N) is 2. The average Bonchev–Trinajstić information content (AvgIpc) is 3.06. The van der Waals surface area contributed by atoms with Crippen LogP contribution < -0.4 is 0 Å².